The van der Waals surface area contributed by atoms with Crippen molar-refractivity contribution >= 4 is 25.5 Å². The van der Waals surface area contributed by atoms with E-state index in [9.17, 15) is 23.8 Å². The van der Waals surface area contributed by atoms with Gasteiger partial charge in [-0.25, -0.2) is 4.57 Å². The maximum absolute atomic E-state index is 12.6. The standard InChI is InChI=1S/C42H72NO9P/c1-6-8-10-11-12-13-15-20-23-26-30-34-42(46)52-40(38-51-53(47,48)50-36-35-43(3,4)5)37-49-41(45)33-29-25-22-19-17-14-16-18-21-24-28-32-39(44)31-27-9-7-2/h11-12,14,16,19,21-22,24,28,32,40H,6-10,13,15,17-18,20,23,25-27,29-31,33-38H2,1-5H3/p+1/b12-11-,16-14-,22-19-,24-21-,32-28+/t40-/m1/s1. The van der Waals surface area contributed by atoms with Gasteiger partial charge in [0.2, 0.25) is 0 Å². The molecule has 1 N–H and O–H groups in total. The Kier molecular flexibility index (Phi) is 32.2. The molecule has 0 heterocycles. The normalized spacial score (nSPS) is 14.2. The lowest BCUT2D eigenvalue weighted by atomic mass is 10.1. The van der Waals surface area contributed by atoms with Gasteiger partial charge < -0.3 is 18.9 Å². The number of esters is 2. The molecular weight excluding hydrogens is 693 g/mol. The zero-order chi connectivity index (χ0) is 39.5. The topological polar surface area (TPSA) is 125 Å². The summed E-state index contributed by atoms with van der Waals surface area (Å²) in [6, 6.07) is 0. The minimum Gasteiger partial charge on any atom is -0.462 e. The van der Waals surface area contributed by atoms with Gasteiger partial charge in [0.05, 0.1) is 27.7 Å². The van der Waals surface area contributed by atoms with Gasteiger partial charge >= 0.3 is 19.8 Å². The minimum atomic E-state index is -4.40. The lowest BCUT2D eigenvalue weighted by molar-refractivity contribution is -0.870. The van der Waals surface area contributed by atoms with Crippen LogP contribution in [0.15, 0.2) is 60.8 Å². The predicted molar refractivity (Wildman–Crippen MR) is 215 cm³/mol. The Morgan fingerprint density at radius 3 is 1.94 bits per heavy atom. The number of nitrogens with zero attached hydrogens (tertiary/aromatic N) is 1. The van der Waals surface area contributed by atoms with Crippen molar-refractivity contribution in [1.82, 2.24) is 0 Å². The fourth-order valence-electron chi connectivity index (χ4n) is 4.76. The number of likely N-dealkylation sites (N-methyl/N-ethyl adjacent to an activating group) is 1. The molecule has 0 spiro atoms. The van der Waals surface area contributed by atoms with Gasteiger partial charge in [-0.05, 0) is 63.9 Å². The van der Waals surface area contributed by atoms with Crippen molar-refractivity contribution in [3.05, 3.63) is 60.8 Å². The molecule has 0 saturated carbocycles. The molecule has 0 saturated heterocycles. The lowest BCUT2D eigenvalue weighted by Crippen LogP contribution is -2.37. The number of allylic oxidation sites excluding steroid dienone is 10. The van der Waals surface area contributed by atoms with E-state index < -0.39 is 32.5 Å². The molecule has 2 atom stereocenters. The average molecular weight is 767 g/mol. The summed E-state index contributed by atoms with van der Waals surface area (Å²) < 4.78 is 34.0. The molecule has 53 heavy (non-hydrogen) atoms. The van der Waals surface area contributed by atoms with Crippen molar-refractivity contribution < 1.29 is 46.8 Å². The summed E-state index contributed by atoms with van der Waals surface area (Å²) >= 11 is 0. The summed E-state index contributed by atoms with van der Waals surface area (Å²) in [4.78, 5) is 46.9. The molecule has 0 fully saturated rings. The van der Waals surface area contributed by atoms with E-state index in [1.807, 2.05) is 45.4 Å². The van der Waals surface area contributed by atoms with Crippen molar-refractivity contribution in [1.29, 1.82) is 0 Å². The first-order valence-corrected chi connectivity index (χ1v) is 21.5. The molecule has 11 heteroatoms. The fourth-order valence-corrected chi connectivity index (χ4v) is 5.51. The molecule has 0 aromatic heterocycles. The smallest absolute Gasteiger partial charge is 0.462 e. The van der Waals surface area contributed by atoms with E-state index in [4.69, 9.17) is 18.5 Å². The highest BCUT2D eigenvalue weighted by Gasteiger charge is 2.27. The number of carbonyl (C=O) groups is 3. The number of carbonyl (C=O) groups excluding carboxylic acids is 3. The van der Waals surface area contributed by atoms with Crippen LogP contribution < -0.4 is 0 Å². The van der Waals surface area contributed by atoms with E-state index in [2.05, 4.69) is 38.2 Å². The molecule has 0 aliphatic carbocycles. The molecule has 0 aliphatic heterocycles. The maximum atomic E-state index is 12.6. The minimum absolute atomic E-state index is 0.00910. The largest absolute Gasteiger partial charge is 0.472 e. The molecule has 0 aromatic carbocycles. The van der Waals surface area contributed by atoms with Gasteiger partial charge in [0, 0.05) is 19.3 Å². The second kappa shape index (κ2) is 33.9. The van der Waals surface area contributed by atoms with Crippen LogP contribution in [0.3, 0.4) is 0 Å². The van der Waals surface area contributed by atoms with Gasteiger partial charge in [0.1, 0.15) is 19.8 Å². The highest BCUT2D eigenvalue weighted by Crippen LogP contribution is 2.43. The van der Waals surface area contributed by atoms with E-state index in [1.54, 1.807) is 12.2 Å². The number of unbranched alkanes of at least 4 members (excludes halogenated alkanes) is 10. The number of quaternary nitrogens is 1. The maximum Gasteiger partial charge on any atom is 0.472 e. The number of ketones is 1. The first kappa shape index (κ1) is 50.4. The van der Waals surface area contributed by atoms with Crippen LogP contribution in [0.5, 0.6) is 0 Å². The number of ether oxygens (including phenoxy) is 2. The first-order chi connectivity index (χ1) is 25.4. The van der Waals surface area contributed by atoms with Gasteiger partial charge in [-0.15, -0.1) is 0 Å². The number of phosphoric acid groups is 1. The third kappa shape index (κ3) is 37.5. The molecule has 0 bridgehead atoms. The third-order valence-corrected chi connectivity index (χ3v) is 8.98. The van der Waals surface area contributed by atoms with E-state index in [0.717, 1.165) is 70.6 Å². The Labute approximate surface area is 322 Å². The predicted octanol–water partition coefficient (Wildman–Crippen LogP) is 10.1. The molecule has 10 nitrogen and oxygen atoms in total. The van der Waals surface area contributed by atoms with Gasteiger partial charge in [0.15, 0.2) is 11.9 Å². The van der Waals surface area contributed by atoms with Gasteiger partial charge in [-0.1, -0.05) is 113 Å². The Hall–Kier alpha value is -2.62. The molecule has 1 unspecified atom stereocenters. The number of hydrogen-bond donors (Lipinski definition) is 1. The van der Waals surface area contributed by atoms with Crippen LogP contribution >= 0.6 is 7.82 Å². The van der Waals surface area contributed by atoms with Crippen molar-refractivity contribution in [2.24, 2.45) is 0 Å². The summed E-state index contributed by atoms with van der Waals surface area (Å²) in [5.74, 6) is -0.748. The van der Waals surface area contributed by atoms with Crippen LogP contribution in [0.1, 0.15) is 136 Å². The van der Waals surface area contributed by atoms with Crippen LogP contribution in [0.25, 0.3) is 0 Å². The third-order valence-electron chi connectivity index (χ3n) is 8.00. The van der Waals surface area contributed by atoms with Crippen molar-refractivity contribution in [3.63, 3.8) is 0 Å². The second-order valence-electron chi connectivity index (χ2n) is 14.3. The molecule has 0 radical (unpaired) electrons. The van der Waals surface area contributed by atoms with Crippen LogP contribution in [-0.2, 0) is 37.5 Å². The lowest BCUT2D eigenvalue weighted by Gasteiger charge is -2.24. The Balaban J connectivity index is 4.56. The zero-order valence-corrected chi connectivity index (χ0v) is 34.6. The zero-order valence-electron chi connectivity index (χ0n) is 33.7. The van der Waals surface area contributed by atoms with E-state index in [0.29, 0.717) is 36.7 Å². The molecule has 0 aromatic rings. The molecule has 304 valence electrons. The van der Waals surface area contributed by atoms with Gasteiger partial charge in [0.25, 0.3) is 0 Å². The van der Waals surface area contributed by atoms with Gasteiger partial charge in [-0.2, -0.15) is 0 Å². The van der Waals surface area contributed by atoms with Crippen LogP contribution in [0.4, 0.5) is 0 Å². The summed E-state index contributed by atoms with van der Waals surface area (Å²) in [6.45, 7) is 4.09. The first-order valence-electron chi connectivity index (χ1n) is 20.0. The fraction of sp³-hybridized carbons (Fsp3) is 0.690. The van der Waals surface area contributed by atoms with Crippen LogP contribution in [0, 0.1) is 0 Å². The highest BCUT2D eigenvalue weighted by atomic mass is 31.2. The number of phosphoric ester groups is 1. The van der Waals surface area contributed by atoms with E-state index in [1.165, 1.54) is 12.8 Å². The van der Waals surface area contributed by atoms with Crippen molar-refractivity contribution in [2.45, 2.75) is 142 Å². The Morgan fingerprint density at radius 1 is 0.642 bits per heavy atom. The quantitative estimate of drug-likeness (QED) is 0.0128. The second-order valence-corrected chi connectivity index (χ2v) is 15.8. The van der Waals surface area contributed by atoms with Gasteiger partial charge in [-0.3, -0.25) is 23.4 Å². The molecule has 0 rings (SSSR count). The van der Waals surface area contributed by atoms with E-state index in [-0.39, 0.29) is 31.8 Å². The summed E-state index contributed by atoms with van der Waals surface area (Å²) in [6.07, 6.45) is 35.5. The van der Waals surface area contributed by atoms with Crippen molar-refractivity contribution in [3.8, 4) is 0 Å². The molecule has 0 amide bonds. The average Bonchev–Trinajstić information content (AvgIpc) is 3.09. The highest BCUT2D eigenvalue weighted by molar-refractivity contribution is 7.47. The molecule has 0 aliphatic rings. The van der Waals surface area contributed by atoms with Crippen LogP contribution in [-0.4, -0.2) is 80.7 Å². The number of hydrogen-bond acceptors (Lipinski definition) is 8. The van der Waals surface area contributed by atoms with E-state index >= 15 is 0 Å². The van der Waals surface area contributed by atoms with Crippen LogP contribution in [0.2, 0.25) is 0 Å². The monoisotopic (exact) mass is 767 g/mol. The summed E-state index contributed by atoms with van der Waals surface area (Å²) in [5.41, 5.74) is 0. The summed E-state index contributed by atoms with van der Waals surface area (Å²) in [7, 11) is 1.40. The Morgan fingerprint density at radius 2 is 1.23 bits per heavy atom. The van der Waals surface area contributed by atoms with Crippen molar-refractivity contribution in [2.75, 3.05) is 47.5 Å². The molecular formula is C42H73NO9P+. The summed E-state index contributed by atoms with van der Waals surface area (Å²) in [5, 5.41) is 0. The number of rotatable bonds is 35. The SMILES string of the molecule is CCCC/C=C\CCCCCCCC(=O)O[C@H](COC(=O)CCC/C=C\C/C=C\C/C=C\C=C\C(=O)CCCCC)COP(=O)(O)OCC[N+](C)(C)C. The Bertz CT molecular complexity index is 1150.